The Balaban J connectivity index is 2.60. The molecule has 0 bridgehead atoms. The highest BCUT2D eigenvalue weighted by molar-refractivity contribution is 7.86. The van der Waals surface area contributed by atoms with E-state index in [9.17, 15) is 23.1 Å². The molecule has 9 heteroatoms. The molecule has 0 atom stereocenters. The Morgan fingerprint density at radius 2 is 2.10 bits per heavy atom. The maximum atomic E-state index is 11.3. The average molecular weight is 300 g/mol. The molecule has 1 heterocycles. The van der Waals surface area contributed by atoms with Crippen LogP contribution in [0.15, 0.2) is 28.3 Å². The fourth-order valence-corrected chi connectivity index (χ4v) is 2.57. The summed E-state index contributed by atoms with van der Waals surface area (Å²) in [4.78, 5) is 14.8. The normalized spacial score (nSPS) is 17.4. The van der Waals surface area contributed by atoms with Crippen LogP contribution in [0.25, 0.3) is 0 Å². The van der Waals surface area contributed by atoms with Gasteiger partial charge in [0.25, 0.3) is 15.8 Å². The maximum absolute atomic E-state index is 11.3. The van der Waals surface area contributed by atoms with E-state index >= 15 is 0 Å². The lowest BCUT2D eigenvalue weighted by atomic mass is 9.97. The zero-order valence-electron chi connectivity index (χ0n) is 10.7. The molecule has 8 nitrogen and oxygen atoms in total. The van der Waals surface area contributed by atoms with Crippen LogP contribution in [0.2, 0.25) is 0 Å². The standard InChI is InChI=1S/C11H12N2O6S/c1-11(2)6-9(12-19-11)8-5-7(13(14)15)3-4-10(8)20(16,17)18/h3-5H,6H2,1-2H3,(H,16,17,18). The number of oxime groups is 1. The molecule has 0 radical (unpaired) electrons. The highest BCUT2D eigenvalue weighted by atomic mass is 32.2. The molecule has 0 spiro atoms. The Labute approximate surface area is 114 Å². The largest absolute Gasteiger partial charge is 0.389 e. The van der Waals surface area contributed by atoms with Crippen molar-refractivity contribution in [1.29, 1.82) is 0 Å². The van der Waals surface area contributed by atoms with E-state index in [1.165, 1.54) is 0 Å². The van der Waals surface area contributed by atoms with Crippen LogP contribution < -0.4 is 0 Å². The minimum Gasteiger partial charge on any atom is -0.389 e. The monoisotopic (exact) mass is 300 g/mol. The Morgan fingerprint density at radius 1 is 1.45 bits per heavy atom. The summed E-state index contributed by atoms with van der Waals surface area (Å²) in [6.07, 6.45) is 0.274. The second-order valence-corrected chi connectivity index (χ2v) is 6.37. The van der Waals surface area contributed by atoms with E-state index in [2.05, 4.69) is 5.16 Å². The fourth-order valence-electron chi connectivity index (χ4n) is 1.87. The molecule has 0 fully saturated rings. The van der Waals surface area contributed by atoms with Crippen LogP contribution in [0, 0.1) is 10.1 Å². The summed E-state index contributed by atoms with van der Waals surface area (Å²) in [6, 6.07) is 3.05. The number of nitro benzene ring substituents is 1. The van der Waals surface area contributed by atoms with Crippen molar-refractivity contribution in [2.45, 2.75) is 30.8 Å². The molecule has 0 aliphatic carbocycles. The van der Waals surface area contributed by atoms with Crippen LogP contribution in [0.4, 0.5) is 5.69 Å². The van der Waals surface area contributed by atoms with Gasteiger partial charge in [0.2, 0.25) is 0 Å². The van der Waals surface area contributed by atoms with E-state index in [4.69, 9.17) is 4.84 Å². The van der Waals surface area contributed by atoms with Crippen molar-refractivity contribution in [3.8, 4) is 0 Å². The molecular formula is C11H12N2O6S. The van der Waals surface area contributed by atoms with Gasteiger partial charge < -0.3 is 4.84 Å². The molecule has 1 N–H and O–H groups in total. The van der Waals surface area contributed by atoms with Crippen molar-refractivity contribution < 1.29 is 22.7 Å². The van der Waals surface area contributed by atoms with Gasteiger partial charge in [0.1, 0.15) is 10.5 Å². The van der Waals surface area contributed by atoms with Gasteiger partial charge in [-0.3, -0.25) is 14.7 Å². The molecule has 108 valence electrons. The summed E-state index contributed by atoms with van der Waals surface area (Å²) in [5, 5.41) is 14.5. The number of benzene rings is 1. The predicted molar refractivity (Wildman–Crippen MR) is 69.2 cm³/mol. The van der Waals surface area contributed by atoms with E-state index in [1.807, 2.05) is 0 Å². The topological polar surface area (TPSA) is 119 Å². The summed E-state index contributed by atoms with van der Waals surface area (Å²) in [5.41, 5.74) is -0.699. The third-order valence-corrected chi connectivity index (χ3v) is 3.67. The Kier molecular flexibility index (Phi) is 3.26. The van der Waals surface area contributed by atoms with Gasteiger partial charge in [-0.15, -0.1) is 0 Å². The molecule has 1 aromatic carbocycles. The van der Waals surface area contributed by atoms with Gasteiger partial charge in [-0.05, 0) is 19.9 Å². The number of hydrogen-bond donors (Lipinski definition) is 1. The van der Waals surface area contributed by atoms with Gasteiger partial charge >= 0.3 is 0 Å². The minimum atomic E-state index is -4.51. The van der Waals surface area contributed by atoms with E-state index in [-0.39, 0.29) is 23.4 Å². The molecule has 0 amide bonds. The van der Waals surface area contributed by atoms with Crippen molar-refractivity contribution in [2.75, 3.05) is 0 Å². The fraction of sp³-hybridized carbons (Fsp3) is 0.364. The van der Waals surface area contributed by atoms with Gasteiger partial charge in [-0.1, -0.05) is 5.16 Å². The first kappa shape index (κ1) is 14.4. The molecule has 0 aromatic heterocycles. The van der Waals surface area contributed by atoms with Crippen LogP contribution in [-0.4, -0.2) is 29.2 Å². The zero-order chi connectivity index (χ0) is 15.1. The second-order valence-electron chi connectivity index (χ2n) is 4.98. The van der Waals surface area contributed by atoms with E-state index in [0.29, 0.717) is 0 Å². The van der Waals surface area contributed by atoms with Crippen molar-refractivity contribution >= 4 is 21.5 Å². The third-order valence-electron chi connectivity index (χ3n) is 2.76. The zero-order valence-corrected chi connectivity index (χ0v) is 11.5. The molecule has 20 heavy (non-hydrogen) atoms. The lowest BCUT2D eigenvalue weighted by molar-refractivity contribution is -0.384. The van der Waals surface area contributed by atoms with E-state index in [1.54, 1.807) is 13.8 Å². The van der Waals surface area contributed by atoms with Gasteiger partial charge in [-0.25, -0.2) is 0 Å². The minimum absolute atomic E-state index is 0.0210. The number of rotatable bonds is 3. The second kappa shape index (κ2) is 4.53. The van der Waals surface area contributed by atoms with Crippen LogP contribution >= 0.6 is 0 Å². The summed E-state index contributed by atoms with van der Waals surface area (Å²) in [5.74, 6) is 0. The molecular weight excluding hydrogens is 288 g/mol. The maximum Gasteiger partial charge on any atom is 0.295 e. The SMILES string of the molecule is CC1(C)CC(c2cc([N+](=O)[O-])ccc2S(=O)(=O)O)=NO1. The molecule has 0 saturated carbocycles. The van der Waals surface area contributed by atoms with E-state index < -0.39 is 25.5 Å². The quantitative estimate of drug-likeness (QED) is 0.516. The Hall–Kier alpha value is -2.00. The molecule has 0 saturated heterocycles. The number of nitrogens with zero attached hydrogens (tertiary/aromatic N) is 2. The van der Waals surface area contributed by atoms with Crippen molar-refractivity contribution in [2.24, 2.45) is 5.16 Å². The smallest absolute Gasteiger partial charge is 0.295 e. The molecule has 1 aliphatic heterocycles. The Morgan fingerprint density at radius 3 is 2.55 bits per heavy atom. The molecule has 2 rings (SSSR count). The number of non-ortho nitro benzene ring substituents is 1. The van der Waals surface area contributed by atoms with Crippen LogP contribution in [0.5, 0.6) is 0 Å². The first-order valence-corrected chi connectivity index (χ1v) is 7.05. The van der Waals surface area contributed by atoms with Crippen molar-refractivity contribution in [1.82, 2.24) is 0 Å². The van der Waals surface area contributed by atoms with Crippen molar-refractivity contribution in [3.05, 3.63) is 33.9 Å². The number of hydrogen-bond acceptors (Lipinski definition) is 6. The average Bonchev–Trinajstić information content (AvgIpc) is 2.67. The van der Waals surface area contributed by atoms with Gasteiger partial charge in [0.05, 0.1) is 10.6 Å². The number of nitro groups is 1. The lowest BCUT2D eigenvalue weighted by Crippen LogP contribution is -2.20. The summed E-state index contributed by atoms with van der Waals surface area (Å²) < 4.78 is 31.9. The summed E-state index contributed by atoms with van der Waals surface area (Å²) in [6.45, 7) is 3.49. The van der Waals surface area contributed by atoms with Crippen LogP contribution in [0.3, 0.4) is 0 Å². The van der Waals surface area contributed by atoms with E-state index in [0.717, 1.165) is 18.2 Å². The summed E-state index contributed by atoms with van der Waals surface area (Å²) >= 11 is 0. The predicted octanol–water partition coefficient (Wildman–Crippen LogP) is 1.74. The van der Waals surface area contributed by atoms with Gasteiger partial charge in [0.15, 0.2) is 0 Å². The Bertz CT molecular complexity index is 708. The molecule has 1 aromatic rings. The lowest BCUT2D eigenvalue weighted by Gasteiger charge is -2.13. The first-order chi connectivity index (χ1) is 9.10. The van der Waals surface area contributed by atoms with Crippen molar-refractivity contribution in [3.63, 3.8) is 0 Å². The van der Waals surface area contributed by atoms with Crippen LogP contribution in [0.1, 0.15) is 25.8 Å². The molecule has 1 aliphatic rings. The highest BCUT2D eigenvalue weighted by Crippen LogP contribution is 2.30. The van der Waals surface area contributed by atoms with Crippen LogP contribution in [-0.2, 0) is 15.0 Å². The van der Waals surface area contributed by atoms with Gasteiger partial charge in [0, 0.05) is 24.1 Å². The molecule has 0 unspecified atom stereocenters. The third kappa shape index (κ3) is 2.78. The van der Waals surface area contributed by atoms with Gasteiger partial charge in [-0.2, -0.15) is 8.42 Å². The first-order valence-electron chi connectivity index (χ1n) is 5.61. The summed E-state index contributed by atoms with van der Waals surface area (Å²) in [7, 11) is -4.51. The highest BCUT2D eigenvalue weighted by Gasteiger charge is 2.33.